The summed E-state index contributed by atoms with van der Waals surface area (Å²) in [4.78, 5) is 17.5. The summed E-state index contributed by atoms with van der Waals surface area (Å²) in [5.74, 6) is 7.45. The van der Waals surface area contributed by atoms with E-state index in [-0.39, 0.29) is 12.6 Å². The lowest BCUT2D eigenvalue weighted by Crippen LogP contribution is -2.32. The SMILES string of the molecule is COC(C)(C)C#Cc1ccnc2c1C1(COC(N)=N1)c1cc(-c3cncnc3)ccc1O2. The van der Waals surface area contributed by atoms with Crippen LogP contribution in [0.25, 0.3) is 11.1 Å². The van der Waals surface area contributed by atoms with Crippen molar-refractivity contribution in [2.75, 3.05) is 13.7 Å². The molecule has 1 atom stereocenters. The Morgan fingerprint density at radius 1 is 1.16 bits per heavy atom. The van der Waals surface area contributed by atoms with Gasteiger partial charge in [-0.05, 0) is 37.6 Å². The molecule has 0 bridgehead atoms. The first-order valence-electron chi connectivity index (χ1n) is 10.1. The molecule has 8 nitrogen and oxygen atoms in total. The van der Waals surface area contributed by atoms with Gasteiger partial charge in [-0.15, -0.1) is 0 Å². The Labute approximate surface area is 185 Å². The molecule has 1 spiro atoms. The van der Waals surface area contributed by atoms with Crippen molar-refractivity contribution >= 4 is 6.02 Å². The fourth-order valence-corrected chi connectivity index (χ4v) is 3.80. The lowest BCUT2D eigenvalue weighted by Gasteiger charge is -2.33. The molecule has 2 aliphatic heterocycles. The number of aliphatic imine (C=N–C) groups is 1. The zero-order valence-electron chi connectivity index (χ0n) is 17.9. The number of fused-ring (bicyclic) bond motifs is 4. The van der Waals surface area contributed by atoms with Gasteiger partial charge in [0.25, 0.3) is 6.02 Å². The molecule has 5 rings (SSSR count). The third kappa shape index (κ3) is 3.24. The predicted octanol–water partition coefficient (Wildman–Crippen LogP) is 3.01. The molecule has 0 saturated carbocycles. The first kappa shape index (κ1) is 20.0. The number of nitrogens with zero attached hydrogens (tertiary/aromatic N) is 4. The van der Waals surface area contributed by atoms with Crippen LogP contribution in [0.3, 0.4) is 0 Å². The maximum Gasteiger partial charge on any atom is 0.283 e. The molecular weight excluding hydrogens is 406 g/mol. The average molecular weight is 427 g/mol. The van der Waals surface area contributed by atoms with Crippen molar-refractivity contribution in [1.82, 2.24) is 15.0 Å². The number of ether oxygens (including phenoxy) is 3. The fraction of sp³-hybridized carbons (Fsp3) is 0.250. The number of methoxy groups -OCH3 is 1. The lowest BCUT2D eigenvalue weighted by atomic mass is 9.79. The van der Waals surface area contributed by atoms with Crippen LogP contribution in [0.5, 0.6) is 11.6 Å². The van der Waals surface area contributed by atoms with Gasteiger partial charge in [-0.1, -0.05) is 17.9 Å². The number of pyridine rings is 1. The number of aromatic nitrogens is 3. The third-order valence-electron chi connectivity index (χ3n) is 5.59. The van der Waals surface area contributed by atoms with Crippen LogP contribution in [0, 0.1) is 11.8 Å². The van der Waals surface area contributed by atoms with E-state index in [1.54, 1.807) is 25.7 Å². The van der Waals surface area contributed by atoms with E-state index in [4.69, 9.17) is 24.9 Å². The van der Waals surface area contributed by atoms with E-state index in [9.17, 15) is 0 Å². The van der Waals surface area contributed by atoms with Gasteiger partial charge in [-0.25, -0.2) is 19.9 Å². The lowest BCUT2D eigenvalue weighted by molar-refractivity contribution is 0.0741. The summed E-state index contributed by atoms with van der Waals surface area (Å²) in [6.07, 6.45) is 6.68. The molecule has 160 valence electrons. The van der Waals surface area contributed by atoms with Crippen LogP contribution in [-0.4, -0.2) is 40.3 Å². The van der Waals surface area contributed by atoms with Gasteiger partial charge in [-0.3, -0.25) is 0 Å². The Balaban J connectivity index is 1.73. The Bertz CT molecular complexity index is 1290. The zero-order valence-corrected chi connectivity index (χ0v) is 17.9. The number of hydrogen-bond donors (Lipinski definition) is 1. The normalized spacial score (nSPS) is 18.5. The highest BCUT2D eigenvalue weighted by Crippen LogP contribution is 2.51. The van der Waals surface area contributed by atoms with E-state index >= 15 is 0 Å². The molecule has 8 heteroatoms. The molecule has 0 amide bonds. The maximum atomic E-state index is 6.18. The first-order valence-corrected chi connectivity index (χ1v) is 10.1. The highest BCUT2D eigenvalue weighted by atomic mass is 16.5. The molecule has 2 aliphatic rings. The summed E-state index contributed by atoms with van der Waals surface area (Å²) in [6.45, 7) is 4.02. The number of nitrogens with two attached hydrogens (primary N) is 1. The second-order valence-corrected chi connectivity index (χ2v) is 8.04. The van der Waals surface area contributed by atoms with Crippen molar-refractivity contribution in [3.63, 3.8) is 0 Å². The standard InChI is InChI=1S/C24H21N5O3/c1-23(2,30-3)8-6-15-7-9-28-21-20(15)24(13-31-22(25)29-24)18-10-16(4-5-19(18)32-21)17-11-26-14-27-12-17/h4-5,7,9-12,14H,13H2,1-3H3,(H2,25,29). The van der Waals surface area contributed by atoms with Crippen molar-refractivity contribution < 1.29 is 14.2 Å². The number of rotatable bonds is 2. The van der Waals surface area contributed by atoms with Crippen LogP contribution >= 0.6 is 0 Å². The molecule has 2 N–H and O–H groups in total. The molecule has 4 heterocycles. The van der Waals surface area contributed by atoms with Crippen LogP contribution < -0.4 is 10.5 Å². The molecule has 0 fully saturated rings. The molecular formula is C24H21N5O3. The van der Waals surface area contributed by atoms with E-state index in [1.807, 2.05) is 38.1 Å². The second kappa shape index (κ2) is 7.32. The van der Waals surface area contributed by atoms with Crippen molar-refractivity contribution in [3.8, 4) is 34.6 Å². The molecule has 0 radical (unpaired) electrons. The van der Waals surface area contributed by atoms with Gasteiger partial charge in [0.05, 0.1) is 5.56 Å². The monoisotopic (exact) mass is 427 g/mol. The van der Waals surface area contributed by atoms with Crippen LogP contribution in [-0.2, 0) is 15.0 Å². The van der Waals surface area contributed by atoms with Crippen LogP contribution in [0.15, 0.2) is 54.2 Å². The summed E-state index contributed by atoms with van der Waals surface area (Å²) >= 11 is 0. The Morgan fingerprint density at radius 3 is 2.69 bits per heavy atom. The summed E-state index contributed by atoms with van der Waals surface area (Å²) < 4.78 is 17.3. The Kier molecular flexibility index (Phi) is 4.57. The van der Waals surface area contributed by atoms with Gasteiger partial charge >= 0.3 is 0 Å². The Morgan fingerprint density at radius 2 is 1.97 bits per heavy atom. The van der Waals surface area contributed by atoms with E-state index in [1.165, 1.54) is 6.33 Å². The summed E-state index contributed by atoms with van der Waals surface area (Å²) in [5.41, 5.74) is 8.51. The van der Waals surface area contributed by atoms with E-state index in [0.29, 0.717) is 17.2 Å². The van der Waals surface area contributed by atoms with Crippen molar-refractivity contribution in [1.29, 1.82) is 0 Å². The van der Waals surface area contributed by atoms with E-state index < -0.39 is 11.1 Å². The molecule has 0 aliphatic carbocycles. The minimum absolute atomic E-state index is 0.109. The highest BCUT2D eigenvalue weighted by molar-refractivity contribution is 5.78. The fourth-order valence-electron chi connectivity index (χ4n) is 3.80. The topological polar surface area (TPSA) is 105 Å². The summed E-state index contributed by atoms with van der Waals surface area (Å²) in [6, 6.07) is 7.79. The minimum atomic E-state index is -0.936. The van der Waals surface area contributed by atoms with Crippen molar-refractivity contribution in [2.24, 2.45) is 10.7 Å². The first-order chi connectivity index (χ1) is 15.4. The average Bonchev–Trinajstić information content (AvgIpc) is 3.20. The second-order valence-electron chi connectivity index (χ2n) is 8.04. The van der Waals surface area contributed by atoms with Gasteiger partial charge in [0.1, 0.15) is 24.3 Å². The molecule has 2 aromatic heterocycles. The van der Waals surface area contributed by atoms with Gasteiger partial charge in [0.15, 0.2) is 5.54 Å². The quantitative estimate of drug-likeness (QED) is 0.627. The van der Waals surface area contributed by atoms with Crippen LogP contribution in [0.2, 0.25) is 0 Å². The van der Waals surface area contributed by atoms with Crippen molar-refractivity contribution in [3.05, 3.63) is 65.9 Å². The molecule has 1 unspecified atom stereocenters. The molecule has 32 heavy (non-hydrogen) atoms. The number of amidine groups is 1. The van der Waals surface area contributed by atoms with Crippen LogP contribution in [0.1, 0.15) is 30.5 Å². The largest absolute Gasteiger partial charge is 0.462 e. The van der Waals surface area contributed by atoms with Crippen molar-refractivity contribution in [2.45, 2.75) is 25.0 Å². The number of benzene rings is 1. The summed E-state index contributed by atoms with van der Waals surface area (Å²) in [7, 11) is 1.63. The third-order valence-corrected chi connectivity index (χ3v) is 5.59. The van der Waals surface area contributed by atoms with Gasteiger partial charge in [0.2, 0.25) is 5.88 Å². The molecule has 1 aromatic carbocycles. The minimum Gasteiger partial charge on any atom is -0.462 e. The van der Waals surface area contributed by atoms with Gasteiger partial charge in [-0.2, -0.15) is 0 Å². The molecule has 0 saturated heterocycles. The maximum absolute atomic E-state index is 6.18. The van der Waals surface area contributed by atoms with E-state index in [2.05, 4.69) is 26.8 Å². The molecule has 3 aromatic rings. The zero-order chi connectivity index (χ0) is 22.3. The van der Waals surface area contributed by atoms with Gasteiger partial charge < -0.3 is 19.9 Å². The summed E-state index contributed by atoms with van der Waals surface area (Å²) in [5, 5.41) is 0. The highest BCUT2D eigenvalue weighted by Gasteiger charge is 2.49. The number of hydrogen-bond acceptors (Lipinski definition) is 8. The van der Waals surface area contributed by atoms with Crippen LogP contribution in [0.4, 0.5) is 0 Å². The predicted molar refractivity (Wildman–Crippen MR) is 118 cm³/mol. The van der Waals surface area contributed by atoms with E-state index in [0.717, 1.165) is 22.3 Å². The van der Waals surface area contributed by atoms with Gasteiger partial charge in [0, 0.05) is 42.4 Å². The smallest absolute Gasteiger partial charge is 0.283 e. The Hall–Kier alpha value is -3.96.